The zero-order valence-corrected chi connectivity index (χ0v) is 12.5. The molecule has 114 valence electrons. The second-order valence-corrected chi connectivity index (χ2v) is 5.39. The third-order valence-electron chi connectivity index (χ3n) is 3.64. The molecule has 0 unspecified atom stereocenters. The summed E-state index contributed by atoms with van der Waals surface area (Å²) in [5.74, 6) is -1.02. The maximum absolute atomic E-state index is 12.6. The molecular formula is C15H21N3O3. The Labute approximate surface area is 124 Å². The molecule has 6 heteroatoms. The molecule has 0 spiro atoms. The quantitative estimate of drug-likeness (QED) is 0.910. The number of amides is 2. The summed E-state index contributed by atoms with van der Waals surface area (Å²) >= 11 is 0. The molecule has 2 amide bonds. The number of carbonyl (C=O) groups is 2. The van der Waals surface area contributed by atoms with E-state index in [1.165, 1.54) is 4.90 Å². The molecule has 6 nitrogen and oxygen atoms in total. The summed E-state index contributed by atoms with van der Waals surface area (Å²) in [6.07, 6.45) is 0. The number of aliphatic carboxylic acids is 1. The van der Waals surface area contributed by atoms with Gasteiger partial charge in [0.2, 0.25) is 0 Å². The molecule has 1 heterocycles. The number of urea groups is 1. The summed E-state index contributed by atoms with van der Waals surface area (Å²) in [5.41, 5.74) is 1.69. The van der Waals surface area contributed by atoms with Gasteiger partial charge in [0.05, 0.1) is 0 Å². The standard InChI is InChI=1S/C15H21N3O3/c1-12-3-5-13(6-4-12)18(11-14(19)20)15(21)17-9-7-16(2)8-10-17/h3-6H,7-11H2,1-2H3,(H,19,20). The van der Waals surface area contributed by atoms with Crippen molar-refractivity contribution in [3.63, 3.8) is 0 Å². The van der Waals surface area contributed by atoms with Gasteiger partial charge in [-0.2, -0.15) is 0 Å². The summed E-state index contributed by atoms with van der Waals surface area (Å²) in [6, 6.07) is 7.08. The van der Waals surface area contributed by atoms with Crippen molar-refractivity contribution < 1.29 is 14.7 Å². The minimum absolute atomic E-state index is 0.241. The highest BCUT2D eigenvalue weighted by Gasteiger charge is 2.26. The number of nitrogens with zero attached hydrogens (tertiary/aromatic N) is 3. The predicted octanol–water partition coefficient (Wildman–Crippen LogP) is 1.25. The van der Waals surface area contributed by atoms with Crippen LogP contribution in [0.1, 0.15) is 5.56 Å². The third-order valence-corrected chi connectivity index (χ3v) is 3.64. The normalized spacial score (nSPS) is 15.8. The van der Waals surface area contributed by atoms with Crippen molar-refractivity contribution in [3.8, 4) is 0 Å². The fourth-order valence-corrected chi connectivity index (χ4v) is 2.30. The maximum Gasteiger partial charge on any atom is 0.325 e. The van der Waals surface area contributed by atoms with E-state index in [1.807, 2.05) is 26.1 Å². The summed E-state index contributed by atoms with van der Waals surface area (Å²) in [6.45, 7) is 4.48. The van der Waals surface area contributed by atoms with E-state index in [2.05, 4.69) is 4.90 Å². The van der Waals surface area contributed by atoms with Crippen LogP contribution in [0.3, 0.4) is 0 Å². The Morgan fingerprint density at radius 2 is 1.71 bits per heavy atom. The Bertz CT molecular complexity index is 507. The van der Waals surface area contributed by atoms with Gasteiger partial charge in [0.25, 0.3) is 0 Å². The molecule has 0 saturated carbocycles. The summed E-state index contributed by atoms with van der Waals surface area (Å²) < 4.78 is 0. The van der Waals surface area contributed by atoms with Crippen LogP contribution in [0.5, 0.6) is 0 Å². The number of hydrogen-bond donors (Lipinski definition) is 1. The van der Waals surface area contributed by atoms with E-state index in [9.17, 15) is 9.59 Å². The lowest BCUT2D eigenvalue weighted by molar-refractivity contribution is -0.135. The molecule has 1 aliphatic rings. The first kappa shape index (κ1) is 15.3. The molecule has 1 aromatic rings. The van der Waals surface area contributed by atoms with Gasteiger partial charge < -0.3 is 14.9 Å². The van der Waals surface area contributed by atoms with Crippen LogP contribution in [0.15, 0.2) is 24.3 Å². The zero-order chi connectivity index (χ0) is 15.4. The SMILES string of the molecule is Cc1ccc(N(CC(=O)O)C(=O)N2CCN(C)CC2)cc1. The molecule has 1 saturated heterocycles. The van der Waals surface area contributed by atoms with Crippen molar-refractivity contribution in [2.45, 2.75) is 6.92 Å². The van der Waals surface area contributed by atoms with Crippen molar-refractivity contribution in [3.05, 3.63) is 29.8 Å². The van der Waals surface area contributed by atoms with Crippen LogP contribution in [0.25, 0.3) is 0 Å². The van der Waals surface area contributed by atoms with Crippen LogP contribution in [0.4, 0.5) is 10.5 Å². The molecule has 0 atom stereocenters. The molecule has 0 bridgehead atoms. The van der Waals surface area contributed by atoms with Gasteiger partial charge in [-0.05, 0) is 26.1 Å². The highest BCUT2D eigenvalue weighted by molar-refractivity contribution is 5.96. The fourth-order valence-electron chi connectivity index (χ4n) is 2.30. The first-order valence-electron chi connectivity index (χ1n) is 7.01. The van der Waals surface area contributed by atoms with E-state index in [-0.39, 0.29) is 12.6 Å². The van der Waals surface area contributed by atoms with Crippen LogP contribution >= 0.6 is 0 Å². The first-order valence-corrected chi connectivity index (χ1v) is 7.01. The number of likely N-dealkylation sites (N-methyl/N-ethyl adjacent to an activating group) is 1. The molecule has 1 fully saturated rings. The zero-order valence-electron chi connectivity index (χ0n) is 12.5. The van der Waals surface area contributed by atoms with Crippen LogP contribution in [-0.2, 0) is 4.79 Å². The minimum Gasteiger partial charge on any atom is -0.480 e. The van der Waals surface area contributed by atoms with Gasteiger partial charge in [-0.3, -0.25) is 9.69 Å². The summed E-state index contributed by atoms with van der Waals surface area (Å²) in [5, 5.41) is 9.07. The molecule has 0 radical (unpaired) electrons. The number of carboxylic acids is 1. The number of hydrogen-bond acceptors (Lipinski definition) is 3. The Hall–Kier alpha value is -2.08. The average Bonchev–Trinajstić information content (AvgIpc) is 2.46. The van der Waals surface area contributed by atoms with E-state index in [4.69, 9.17) is 5.11 Å². The monoisotopic (exact) mass is 291 g/mol. The fraction of sp³-hybridized carbons (Fsp3) is 0.467. The largest absolute Gasteiger partial charge is 0.480 e. The first-order chi connectivity index (χ1) is 9.97. The number of carbonyl (C=O) groups excluding carboxylic acids is 1. The van der Waals surface area contributed by atoms with Gasteiger partial charge in [-0.1, -0.05) is 17.7 Å². The lowest BCUT2D eigenvalue weighted by Crippen LogP contribution is -2.53. The van der Waals surface area contributed by atoms with E-state index in [1.54, 1.807) is 17.0 Å². The van der Waals surface area contributed by atoms with Gasteiger partial charge in [-0.25, -0.2) is 4.79 Å². The lowest BCUT2D eigenvalue weighted by atomic mass is 10.2. The second-order valence-electron chi connectivity index (χ2n) is 5.39. The van der Waals surface area contributed by atoms with Gasteiger partial charge >= 0.3 is 12.0 Å². The van der Waals surface area contributed by atoms with Crippen LogP contribution < -0.4 is 4.90 Å². The van der Waals surface area contributed by atoms with Gasteiger partial charge in [0, 0.05) is 31.9 Å². The van der Waals surface area contributed by atoms with Crippen molar-refractivity contribution in [1.82, 2.24) is 9.80 Å². The van der Waals surface area contributed by atoms with Gasteiger partial charge in [0.15, 0.2) is 0 Å². The maximum atomic E-state index is 12.6. The Morgan fingerprint density at radius 1 is 1.14 bits per heavy atom. The Balaban J connectivity index is 2.17. The average molecular weight is 291 g/mol. The molecule has 1 aliphatic heterocycles. The number of rotatable bonds is 3. The molecule has 1 aromatic carbocycles. The van der Waals surface area contributed by atoms with Crippen molar-refractivity contribution in [2.75, 3.05) is 44.7 Å². The van der Waals surface area contributed by atoms with E-state index >= 15 is 0 Å². The van der Waals surface area contributed by atoms with E-state index < -0.39 is 5.97 Å². The highest BCUT2D eigenvalue weighted by Crippen LogP contribution is 2.17. The van der Waals surface area contributed by atoms with Crippen molar-refractivity contribution in [1.29, 1.82) is 0 Å². The van der Waals surface area contributed by atoms with Crippen molar-refractivity contribution in [2.24, 2.45) is 0 Å². The van der Waals surface area contributed by atoms with Gasteiger partial charge in [-0.15, -0.1) is 0 Å². The van der Waals surface area contributed by atoms with Crippen LogP contribution in [0.2, 0.25) is 0 Å². The number of carboxylic acid groups (broad SMARTS) is 1. The number of anilines is 1. The second kappa shape index (κ2) is 6.58. The van der Waals surface area contributed by atoms with Crippen LogP contribution in [-0.4, -0.2) is 66.7 Å². The smallest absolute Gasteiger partial charge is 0.325 e. The number of piperazine rings is 1. The molecule has 0 aliphatic carbocycles. The topological polar surface area (TPSA) is 64.1 Å². The van der Waals surface area contributed by atoms with Crippen molar-refractivity contribution >= 4 is 17.7 Å². The van der Waals surface area contributed by atoms with Gasteiger partial charge in [0.1, 0.15) is 6.54 Å². The highest BCUT2D eigenvalue weighted by atomic mass is 16.4. The summed E-state index contributed by atoms with van der Waals surface area (Å²) in [4.78, 5) is 28.9. The summed E-state index contributed by atoms with van der Waals surface area (Å²) in [7, 11) is 2.01. The lowest BCUT2D eigenvalue weighted by Gasteiger charge is -2.35. The molecule has 21 heavy (non-hydrogen) atoms. The molecule has 0 aromatic heterocycles. The number of benzene rings is 1. The van der Waals surface area contributed by atoms with E-state index in [0.29, 0.717) is 18.8 Å². The third kappa shape index (κ3) is 3.95. The minimum atomic E-state index is -1.02. The Kier molecular flexibility index (Phi) is 4.80. The Morgan fingerprint density at radius 3 is 2.24 bits per heavy atom. The molecular weight excluding hydrogens is 270 g/mol. The molecule has 2 rings (SSSR count). The van der Waals surface area contributed by atoms with E-state index in [0.717, 1.165) is 18.7 Å². The molecule has 1 N–H and O–H groups in total. The predicted molar refractivity (Wildman–Crippen MR) is 80.6 cm³/mol. The number of aryl methyl sites for hydroxylation is 1. The van der Waals surface area contributed by atoms with Crippen LogP contribution in [0, 0.1) is 6.92 Å².